The molecule has 5 aromatic rings. The number of hydrogen-bond donors (Lipinski definition) is 1. The predicted molar refractivity (Wildman–Crippen MR) is 191 cm³/mol. The van der Waals surface area contributed by atoms with E-state index in [9.17, 15) is 9.59 Å². The fourth-order valence-corrected chi connectivity index (χ4v) is 7.42. The summed E-state index contributed by atoms with van der Waals surface area (Å²) in [6.07, 6.45) is 2.27. The van der Waals surface area contributed by atoms with Gasteiger partial charge < -0.3 is 24.3 Å². The topological polar surface area (TPSA) is 88.9 Å². The van der Waals surface area contributed by atoms with Gasteiger partial charge in [-0.1, -0.05) is 48.0 Å². The zero-order valence-electron chi connectivity index (χ0n) is 27.2. The Morgan fingerprint density at radius 3 is 2.62 bits per heavy atom. The molecular weight excluding hydrogens is 634 g/mol. The van der Waals surface area contributed by atoms with Crippen molar-refractivity contribution in [1.82, 2.24) is 19.8 Å². The molecule has 0 bridgehead atoms. The van der Waals surface area contributed by atoms with Crippen LogP contribution in [0.5, 0.6) is 0 Å². The normalized spacial score (nSPS) is 15.0. The number of fused-ring (bicyclic) bond motifs is 4. The molecule has 0 radical (unpaired) electrons. The highest BCUT2D eigenvalue weighted by atomic mass is 35.5. The van der Waals surface area contributed by atoms with Crippen molar-refractivity contribution in [3.8, 4) is 0 Å². The SMILES string of the molecule is CCOC(=O)c1c(SC)nc2c(Cl)cccc2c1N(C)CCOC(=O)NC1CCN(Cc2ccc3c(c2)c2ccccc2n3CC)C1. The van der Waals surface area contributed by atoms with Gasteiger partial charge in [0, 0.05) is 66.5 Å². The van der Waals surface area contributed by atoms with Crippen LogP contribution in [0.2, 0.25) is 5.02 Å². The molecule has 246 valence electrons. The van der Waals surface area contributed by atoms with Crippen molar-refractivity contribution in [3.63, 3.8) is 0 Å². The molecule has 1 saturated heterocycles. The van der Waals surface area contributed by atoms with Gasteiger partial charge in [-0.25, -0.2) is 14.6 Å². The molecule has 0 saturated carbocycles. The maximum absolute atomic E-state index is 13.1. The van der Waals surface area contributed by atoms with E-state index in [4.69, 9.17) is 21.1 Å². The molecule has 1 atom stereocenters. The van der Waals surface area contributed by atoms with Gasteiger partial charge in [0.25, 0.3) is 0 Å². The van der Waals surface area contributed by atoms with E-state index in [0.717, 1.165) is 38.0 Å². The summed E-state index contributed by atoms with van der Waals surface area (Å²) in [5.41, 5.74) is 5.41. The van der Waals surface area contributed by atoms with E-state index < -0.39 is 12.1 Å². The molecule has 47 heavy (non-hydrogen) atoms. The van der Waals surface area contributed by atoms with Crippen LogP contribution in [-0.4, -0.2) is 78.7 Å². The lowest BCUT2D eigenvalue weighted by Crippen LogP contribution is -2.38. The number of anilines is 1. The van der Waals surface area contributed by atoms with Gasteiger partial charge in [0.2, 0.25) is 0 Å². The standard InChI is InChI=1S/C36H40ClN5O4S/c1-5-42-29-13-8-7-10-25(29)27-20-23(14-15-30(27)42)21-41-17-16-24(22-41)38-36(44)46-19-18-40(3)33-26-11-9-12-28(37)32(26)39-34(47-4)31(33)35(43)45-6-2/h7-15,20,24H,5-6,16-19,21-22H2,1-4H3,(H,38,44). The summed E-state index contributed by atoms with van der Waals surface area (Å²) in [5.74, 6) is -0.454. The van der Waals surface area contributed by atoms with Crippen LogP contribution in [0.15, 0.2) is 65.7 Å². The van der Waals surface area contributed by atoms with Gasteiger partial charge in [-0.3, -0.25) is 4.90 Å². The monoisotopic (exact) mass is 673 g/mol. The molecule has 2 aromatic heterocycles. The zero-order valence-corrected chi connectivity index (χ0v) is 28.8. The molecule has 9 nitrogen and oxygen atoms in total. The molecule has 1 fully saturated rings. The number of benzene rings is 3. The molecule has 1 aliphatic heterocycles. The summed E-state index contributed by atoms with van der Waals surface area (Å²) in [5, 5.41) is 7.36. The van der Waals surface area contributed by atoms with Gasteiger partial charge in [0.05, 0.1) is 29.4 Å². The van der Waals surface area contributed by atoms with E-state index in [1.165, 1.54) is 39.1 Å². The molecule has 1 N–H and O–H groups in total. The fraction of sp³-hybridized carbons (Fsp3) is 0.361. The second-order valence-electron chi connectivity index (χ2n) is 11.7. The molecule has 6 rings (SSSR count). The third-order valence-corrected chi connectivity index (χ3v) is 9.76. The van der Waals surface area contributed by atoms with Crippen LogP contribution in [-0.2, 0) is 22.6 Å². The van der Waals surface area contributed by atoms with Crippen LogP contribution >= 0.6 is 23.4 Å². The summed E-state index contributed by atoms with van der Waals surface area (Å²) in [7, 11) is 1.86. The number of hydrogen-bond acceptors (Lipinski definition) is 8. The first kappa shape index (κ1) is 32.9. The van der Waals surface area contributed by atoms with Gasteiger partial charge in [-0.2, -0.15) is 0 Å². The second-order valence-corrected chi connectivity index (χ2v) is 12.9. The van der Waals surface area contributed by atoms with Crippen molar-refractivity contribution in [1.29, 1.82) is 0 Å². The van der Waals surface area contributed by atoms with Crippen molar-refractivity contribution < 1.29 is 19.1 Å². The molecule has 3 aromatic carbocycles. The Kier molecular flexibility index (Phi) is 10.1. The van der Waals surface area contributed by atoms with Crippen LogP contribution in [0.25, 0.3) is 32.7 Å². The lowest BCUT2D eigenvalue weighted by Gasteiger charge is -2.25. The van der Waals surface area contributed by atoms with Crippen molar-refractivity contribution >= 4 is 73.8 Å². The number of rotatable bonds is 11. The van der Waals surface area contributed by atoms with Crippen molar-refractivity contribution in [2.24, 2.45) is 0 Å². The number of amides is 1. The number of aryl methyl sites for hydroxylation is 1. The number of para-hydroxylation sites is 2. The molecule has 1 amide bonds. The average molecular weight is 674 g/mol. The second kappa shape index (κ2) is 14.4. The molecule has 0 aliphatic carbocycles. The Balaban J connectivity index is 1.07. The van der Waals surface area contributed by atoms with E-state index in [0.29, 0.717) is 33.4 Å². The number of esters is 1. The highest BCUT2D eigenvalue weighted by molar-refractivity contribution is 7.98. The van der Waals surface area contributed by atoms with E-state index in [1.54, 1.807) is 13.0 Å². The number of alkyl carbamates (subject to hydrolysis) is 1. The van der Waals surface area contributed by atoms with Gasteiger partial charge in [0.15, 0.2) is 0 Å². The number of carbonyl (C=O) groups excluding carboxylic acids is 2. The highest BCUT2D eigenvalue weighted by Gasteiger charge is 2.27. The van der Waals surface area contributed by atoms with Crippen molar-refractivity contribution in [2.75, 3.05) is 51.1 Å². The quantitative estimate of drug-likeness (QED) is 0.115. The Labute approximate surface area is 284 Å². The number of carbonyl (C=O) groups is 2. The number of aromatic nitrogens is 2. The minimum absolute atomic E-state index is 0.0109. The van der Waals surface area contributed by atoms with E-state index >= 15 is 0 Å². The van der Waals surface area contributed by atoms with E-state index in [2.05, 4.69) is 69.2 Å². The first-order chi connectivity index (χ1) is 22.8. The molecule has 1 unspecified atom stereocenters. The summed E-state index contributed by atoms with van der Waals surface area (Å²) in [6, 6.07) is 20.8. The van der Waals surface area contributed by atoms with Gasteiger partial charge in [-0.15, -0.1) is 11.8 Å². The lowest BCUT2D eigenvalue weighted by molar-refractivity contribution is 0.0522. The number of likely N-dealkylation sites (N-methyl/N-ethyl adjacent to an activating group) is 1. The molecule has 3 heterocycles. The summed E-state index contributed by atoms with van der Waals surface area (Å²) < 4.78 is 13.4. The van der Waals surface area contributed by atoms with Crippen LogP contribution in [0, 0.1) is 0 Å². The smallest absolute Gasteiger partial charge is 0.407 e. The van der Waals surface area contributed by atoms with Crippen LogP contribution in [0.1, 0.15) is 36.2 Å². The Morgan fingerprint density at radius 2 is 1.83 bits per heavy atom. The molecule has 0 spiro atoms. The largest absolute Gasteiger partial charge is 0.462 e. The summed E-state index contributed by atoms with van der Waals surface area (Å²) in [6.45, 7) is 8.09. The Morgan fingerprint density at radius 1 is 1.04 bits per heavy atom. The number of halogens is 1. The maximum Gasteiger partial charge on any atom is 0.407 e. The van der Waals surface area contributed by atoms with Crippen molar-refractivity contribution in [2.45, 2.75) is 44.4 Å². The number of nitrogens with one attached hydrogen (secondary N) is 1. The van der Waals surface area contributed by atoms with E-state index in [1.807, 2.05) is 30.3 Å². The Hall–Kier alpha value is -3.99. The lowest BCUT2D eigenvalue weighted by atomic mass is 10.1. The minimum Gasteiger partial charge on any atom is -0.462 e. The van der Waals surface area contributed by atoms with Crippen LogP contribution < -0.4 is 10.2 Å². The zero-order chi connectivity index (χ0) is 33.1. The predicted octanol–water partition coefficient (Wildman–Crippen LogP) is 7.35. The number of ether oxygens (including phenoxy) is 2. The Bertz CT molecular complexity index is 1950. The minimum atomic E-state index is -0.454. The average Bonchev–Trinajstić information content (AvgIpc) is 3.64. The fourth-order valence-electron chi connectivity index (χ4n) is 6.63. The van der Waals surface area contributed by atoms with Crippen LogP contribution in [0.4, 0.5) is 10.5 Å². The molecule has 1 aliphatic rings. The maximum atomic E-state index is 13.1. The highest BCUT2D eigenvalue weighted by Crippen LogP contribution is 2.38. The van der Waals surface area contributed by atoms with Gasteiger partial charge in [-0.05, 0) is 56.4 Å². The number of pyridine rings is 1. The van der Waals surface area contributed by atoms with E-state index in [-0.39, 0.29) is 19.3 Å². The number of likely N-dealkylation sites (tertiary alicyclic amines) is 1. The first-order valence-corrected chi connectivity index (χ1v) is 17.6. The molecule has 11 heteroatoms. The van der Waals surface area contributed by atoms with Crippen molar-refractivity contribution in [3.05, 3.63) is 76.8 Å². The van der Waals surface area contributed by atoms with Crippen LogP contribution in [0.3, 0.4) is 0 Å². The number of thioether (sulfide) groups is 1. The summed E-state index contributed by atoms with van der Waals surface area (Å²) >= 11 is 7.86. The first-order valence-electron chi connectivity index (χ1n) is 16.0. The van der Waals surface area contributed by atoms with Gasteiger partial charge >= 0.3 is 12.1 Å². The summed E-state index contributed by atoms with van der Waals surface area (Å²) in [4.78, 5) is 34.8. The third kappa shape index (κ3) is 6.72. The number of nitrogens with zero attached hydrogens (tertiary/aromatic N) is 4. The molecular formula is C36H40ClN5O4S. The van der Waals surface area contributed by atoms with Gasteiger partial charge in [0.1, 0.15) is 17.2 Å². The third-order valence-electron chi connectivity index (χ3n) is 8.77.